The molecule has 7 heteroatoms. The Morgan fingerprint density at radius 2 is 1.89 bits per heavy atom. The third kappa shape index (κ3) is 3.77. The lowest BCUT2D eigenvalue weighted by atomic mass is 9.82. The van der Waals surface area contributed by atoms with E-state index < -0.39 is 17.2 Å². The first-order chi connectivity index (χ1) is 12.6. The predicted octanol–water partition coefficient (Wildman–Crippen LogP) is 3.35. The molecule has 3 rings (SSSR count). The highest BCUT2D eigenvalue weighted by Gasteiger charge is 2.51. The molecule has 0 bridgehead atoms. The fraction of sp³-hybridized carbons (Fsp3) is 0.550. The molecule has 0 unspecified atom stereocenters. The maximum Gasteiger partial charge on any atom is 0.411 e. The number of hydrogen-bond donors (Lipinski definition) is 0. The summed E-state index contributed by atoms with van der Waals surface area (Å²) in [5, 5.41) is 0. The molecule has 0 N–H and O–H groups in total. The van der Waals surface area contributed by atoms with Gasteiger partial charge in [0.05, 0.1) is 0 Å². The molecule has 2 heterocycles. The van der Waals surface area contributed by atoms with Crippen molar-refractivity contribution in [3.63, 3.8) is 0 Å². The Morgan fingerprint density at radius 1 is 1.19 bits per heavy atom. The van der Waals surface area contributed by atoms with E-state index in [0.717, 1.165) is 0 Å². The molecule has 0 radical (unpaired) electrons. The fourth-order valence-electron chi connectivity index (χ4n) is 3.68. The van der Waals surface area contributed by atoms with Crippen LogP contribution in [0.15, 0.2) is 18.2 Å². The number of fused-ring (bicyclic) bond motifs is 1. The zero-order valence-electron chi connectivity index (χ0n) is 16.2. The number of carbonyl (C=O) groups excluding carboxylic acids is 3. The SMILES string of the molecule is CC(=O)C[C@]1(C(=O)c2ccc3c(c2)OCO3)CCCN1C(=O)OC(C)(C)C. The lowest BCUT2D eigenvalue weighted by Crippen LogP contribution is -2.55. The molecule has 1 atom stereocenters. The Labute approximate surface area is 158 Å². The van der Waals surface area contributed by atoms with Crippen molar-refractivity contribution in [2.75, 3.05) is 13.3 Å². The summed E-state index contributed by atoms with van der Waals surface area (Å²) in [5.41, 5.74) is -1.54. The van der Waals surface area contributed by atoms with Gasteiger partial charge >= 0.3 is 6.09 Å². The van der Waals surface area contributed by atoms with Gasteiger partial charge in [-0.3, -0.25) is 14.5 Å². The van der Waals surface area contributed by atoms with Crippen LogP contribution in [-0.2, 0) is 9.53 Å². The van der Waals surface area contributed by atoms with Crippen LogP contribution in [0.2, 0.25) is 0 Å². The molecule has 146 valence electrons. The molecular weight excluding hydrogens is 350 g/mol. The van der Waals surface area contributed by atoms with Gasteiger partial charge < -0.3 is 14.2 Å². The summed E-state index contributed by atoms with van der Waals surface area (Å²) >= 11 is 0. The Morgan fingerprint density at radius 3 is 2.56 bits per heavy atom. The zero-order valence-corrected chi connectivity index (χ0v) is 16.2. The maximum atomic E-state index is 13.5. The third-order valence-electron chi connectivity index (χ3n) is 4.70. The van der Waals surface area contributed by atoms with Gasteiger partial charge in [-0.1, -0.05) is 0 Å². The minimum Gasteiger partial charge on any atom is -0.454 e. The second-order valence-corrected chi connectivity index (χ2v) is 8.04. The van der Waals surface area contributed by atoms with Crippen molar-refractivity contribution in [1.82, 2.24) is 4.90 Å². The highest BCUT2D eigenvalue weighted by molar-refractivity contribution is 6.07. The average molecular weight is 375 g/mol. The summed E-state index contributed by atoms with van der Waals surface area (Å²) in [5.74, 6) is 0.627. The number of carbonyl (C=O) groups is 3. The number of ether oxygens (including phenoxy) is 3. The van der Waals surface area contributed by atoms with Crippen LogP contribution in [-0.4, -0.2) is 47.0 Å². The standard InChI is InChI=1S/C20H25NO6/c1-13(22)11-20(8-5-9-21(20)18(24)27-19(2,3)4)17(23)14-6-7-15-16(10-14)26-12-25-15/h6-7,10H,5,8-9,11-12H2,1-4H3/t20-/m0/s1. The largest absolute Gasteiger partial charge is 0.454 e. The van der Waals surface area contributed by atoms with E-state index in [-0.39, 0.29) is 24.8 Å². The zero-order chi connectivity index (χ0) is 19.8. The van der Waals surface area contributed by atoms with Crippen molar-refractivity contribution in [2.24, 2.45) is 0 Å². The van der Waals surface area contributed by atoms with E-state index in [4.69, 9.17) is 14.2 Å². The van der Waals surface area contributed by atoms with Crippen molar-refractivity contribution in [1.29, 1.82) is 0 Å². The maximum absolute atomic E-state index is 13.5. The van der Waals surface area contributed by atoms with Crippen LogP contribution in [0.4, 0.5) is 4.79 Å². The van der Waals surface area contributed by atoms with E-state index in [2.05, 4.69) is 0 Å². The third-order valence-corrected chi connectivity index (χ3v) is 4.70. The van der Waals surface area contributed by atoms with Crippen LogP contribution < -0.4 is 9.47 Å². The lowest BCUT2D eigenvalue weighted by Gasteiger charge is -2.37. The summed E-state index contributed by atoms with van der Waals surface area (Å²) in [6.45, 7) is 7.22. The number of amides is 1. The van der Waals surface area contributed by atoms with Crippen LogP contribution >= 0.6 is 0 Å². The second kappa shape index (κ2) is 6.87. The first-order valence-corrected chi connectivity index (χ1v) is 9.07. The van der Waals surface area contributed by atoms with Gasteiger partial charge in [0.2, 0.25) is 6.79 Å². The number of Topliss-reactive ketones (excluding diaryl/α,β-unsaturated/α-hetero) is 2. The quantitative estimate of drug-likeness (QED) is 0.751. The molecule has 2 aliphatic heterocycles. The fourth-order valence-corrected chi connectivity index (χ4v) is 3.68. The molecule has 0 aromatic heterocycles. The Hall–Kier alpha value is -2.57. The molecule has 1 aromatic rings. The molecule has 1 aromatic carbocycles. The lowest BCUT2D eigenvalue weighted by molar-refractivity contribution is -0.118. The molecular formula is C20H25NO6. The van der Waals surface area contributed by atoms with Crippen molar-refractivity contribution in [3.05, 3.63) is 23.8 Å². The van der Waals surface area contributed by atoms with Crippen LogP contribution in [0.3, 0.4) is 0 Å². The van der Waals surface area contributed by atoms with Gasteiger partial charge in [-0.15, -0.1) is 0 Å². The molecule has 0 aliphatic carbocycles. The smallest absolute Gasteiger partial charge is 0.411 e. The number of nitrogens with zero attached hydrogens (tertiary/aromatic N) is 1. The summed E-state index contributed by atoms with van der Waals surface area (Å²) in [6.07, 6.45) is 0.428. The van der Waals surface area contributed by atoms with Gasteiger partial charge in [0.1, 0.15) is 16.9 Å². The van der Waals surface area contributed by atoms with Gasteiger partial charge in [0, 0.05) is 18.5 Å². The molecule has 2 aliphatic rings. The van der Waals surface area contributed by atoms with E-state index in [0.29, 0.717) is 36.4 Å². The van der Waals surface area contributed by atoms with Crippen LogP contribution in [0.5, 0.6) is 11.5 Å². The molecule has 1 fully saturated rings. The van der Waals surface area contributed by atoms with E-state index >= 15 is 0 Å². The molecule has 1 amide bonds. The van der Waals surface area contributed by atoms with E-state index in [1.165, 1.54) is 11.8 Å². The van der Waals surface area contributed by atoms with Gasteiger partial charge in [-0.25, -0.2) is 4.79 Å². The Bertz CT molecular complexity index is 781. The molecule has 27 heavy (non-hydrogen) atoms. The van der Waals surface area contributed by atoms with Crippen LogP contribution in [0, 0.1) is 0 Å². The highest BCUT2D eigenvalue weighted by atomic mass is 16.7. The summed E-state index contributed by atoms with van der Waals surface area (Å²) in [7, 11) is 0. The van der Waals surface area contributed by atoms with Crippen molar-refractivity contribution < 1.29 is 28.6 Å². The average Bonchev–Trinajstić information content (AvgIpc) is 3.18. The minimum absolute atomic E-state index is 0.0421. The number of likely N-dealkylation sites (tertiary alicyclic amines) is 1. The summed E-state index contributed by atoms with van der Waals surface area (Å²) in [4.78, 5) is 39.7. The van der Waals surface area contributed by atoms with Gasteiger partial charge in [-0.05, 0) is 58.7 Å². The number of ketones is 2. The van der Waals surface area contributed by atoms with Gasteiger partial charge in [0.15, 0.2) is 17.3 Å². The van der Waals surface area contributed by atoms with Crippen molar-refractivity contribution in [3.8, 4) is 11.5 Å². The topological polar surface area (TPSA) is 82.1 Å². The number of rotatable bonds is 4. The molecule has 1 saturated heterocycles. The normalized spacial score (nSPS) is 21.3. The Kier molecular flexibility index (Phi) is 4.88. The van der Waals surface area contributed by atoms with Crippen molar-refractivity contribution >= 4 is 17.7 Å². The van der Waals surface area contributed by atoms with Gasteiger partial charge in [-0.2, -0.15) is 0 Å². The molecule has 0 saturated carbocycles. The van der Waals surface area contributed by atoms with Crippen LogP contribution in [0.1, 0.15) is 57.3 Å². The Balaban J connectivity index is 1.97. The minimum atomic E-state index is -1.23. The molecule has 0 spiro atoms. The number of hydrogen-bond acceptors (Lipinski definition) is 6. The monoisotopic (exact) mass is 375 g/mol. The van der Waals surface area contributed by atoms with Gasteiger partial charge in [0.25, 0.3) is 0 Å². The first-order valence-electron chi connectivity index (χ1n) is 9.07. The second-order valence-electron chi connectivity index (χ2n) is 8.04. The van der Waals surface area contributed by atoms with Crippen molar-refractivity contribution in [2.45, 2.75) is 58.1 Å². The molecule has 7 nitrogen and oxygen atoms in total. The van der Waals surface area contributed by atoms with Crippen LogP contribution in [0.25, 0.3) is 0 Å². The number of benzene rings is 1. The summed E-state index contributed by atoms with van der Waals surface area (Å²) < 4.78 is 16.1. The first kappa shape index (κ1) is 19.2. The predicted molar refractivity (Wildman–Crippen MR) is 97.1 cm³/mol. The highest BCUT2D eigenvalue weighted by Crippen LogP contribution is 2.39. The van der Waals surface area contributed by atoms with E-state index in [1.807, 2.05) is 0 Å². The summed E-state index contributed by atoms with van der Waals surface area (Å²) in [6, 6.07) is 4.92. The van der Waals surface area contributed by atoms with E-state index in [1.54, 1.807) is 39.0 Å². The van der Waals surface area contributed by atoms with E-state index in [9.17, 15) is 14.4 Å².